The molecular weight excluding hydrogens is 485 g/mol. The number of carbonyl (C=O) groups excluding carboxylic acids is 3. The first-order valence-corrected chi connectivity index (χ1v) is 11.6. The zero-order chi connectivity index (χ0) is 25.7. The number of hydrogen-bond donors (Lipinski definition) is 4. The van der Waals surface area contributed by atoms with E-state index in [0.717, 1.165) is 24.5 Å². The Bertz CT molecular complexity index is 1320. The van der Waals surface area contributed by atoms with Crippen molar-refractivity contribution in [1.82, 2.24) is 16.1 Å². The molecule has 1 fully saturated rings. The number of amides is 3. The van der Waals surface area contributed by atoms with Crippen molar-refractivity contribution in [3.8, 4) is 0 Å². The molecule has 4 N–H and O–H groups in total. The molecule has 3 aromatic carbocycles. The van der Waals surface area contributed by atoms with Gasteiger partial charge >= 0.3 is 0 Å². The van der Waals surface area contributed by atoms with Crippen LogP contribution in [-0.4, -0.2) is 29.0 Å². The average molecular weight is 508 g/mol. The minimum absolute atomic E-state index is 0.133. The second-order valence-electron chi connectivity index (χ2n) is 8.37. The Hall–Kier alpha value is -4.01. The van der Waals surface area contributed by atoms with E-state index >= 15 is 0 Å². The maximum Gasteiger partial charge on any atom is 0.274 e. The van der Waals surface area contributed by atoms with Crippen LogP contribution < -0.4 is 16.1 Å². The molecule has 9 heteroatoms. The van der Waals surface area contributed by atoms with E-state index in [0.29, 0.717) is 27.8 Å². The molecule has 3 amide bonds. The number of rotatable bonds is 8. The van der Waals surface area contributed by atoms with Gasteiger partial charge in [0.15, 0.2) is 0 Å². The fourth-order valence-corrected chi connectivity index (χ4v) is 3.75. The van der Waals surface area contributed by atoms with E-state index in [4.69, 9.17) is 16.8 Å². The van der Waals surface area contributed by atoms with Gasteiger partial charge in [-0.2, -0.15) is 0 Å². The predicted octanol–water partition coefficient (Wildman–Crippen LogP) is 4.35. The van der Waals surface area contributed by atoms with Crippen molar-refractivity contribution < 1.29 is 24.0 Å². The zero-order valence-electron chi connectivity index (χ0n) is 19.1. The fraction of sp³-hybridized carbons (Fsp3) is 0.148. The van der Waals surface area contributed by atoms with Crippen LogP contribution in [0.2, 0.25) is 5.02 Å². The first-order chi connectivity index (χ1) is 17.3. The van der Waals surface area contributed by atoms with Crippen LogP contribution in [0.15, 0.2) is 66.7 Å². The molecule has 0 atom stereocenters. The van der Waals surface area contributed by atoms with Gasteiger partial charge in [0.1, 0.15) is 5.82 Å². The molecule has 7 nitrogen and oxygen atoms in total. The quantitative estimate of drug-likeness (QED) is 0.157. The van der Waals surface area contributed by atoms with Gasteiger partial charge in [0.2, 0.25) is 0 Å². The topological polar surface area (TPSA) is 108 Å². The molecule has 0 saturated heterocycles. The molecule has 1 aliphatic carbocycles. The third-order valence-electron chi connectivity index (χ3n) is 5.63. The summed E-state index contributed by atoms with van der Waals surface area (Å²) >= 11 is 6.23. The molecule has 36 heavy (non-hydrogen) atoms. The smallest absolute Gasteiger partial charge is 0.274 e. The Balaban J connectivity index is 1.47. The standard InChI is InChI=1S/C27H23ClFN3O4/c28-24-14-20(29)9-12-22(24)23(27(35)31-21-10-11-21)13-16-1-5-18(6-2-16)25(33)30-15-17-3-7-19(8-4-17)26(34)32-36/h1-9,12-14,21,36H,10-11,15H2,(H,30,33)(H,31,35)(H,32,34)/b23-13+. The van der Waals surface area contributed by atoms with Gasteiger partial charge in [0.25, 0.3) is 17.7 Å². The highest BCUT2D eigenvalue weighted by Gasteiger charge is 2.26. The van der Waals surface area contributed by atoms with Crippen LogP contribution in [0.3, 0.4) is 0 Å². The molecule has 1 saturated carbocycles. The van der Waals surface area contributed by atoms with Gasteiger partial charge in [-0.1, -0.05) is 35.9 Å². The summed E-state index contributed by atoms with van der Waals surface area (Å²) in [5, 5.41) is 14.5. The molecule has 0 heterocycles. The zero-order valence-corrected chi connectivity index (χ0v) is 19.8. The number of benzene rings is 3. The highest BCUT2D eigenvalue weighted by atomic mass is 35.5. The summed E-state index contributed by atoms with van der Waals surface area (Å²) in [4.78, 5) is 36.8. The molecule has 0 spiro atoms. The lowest BCUT2D eigenvalue weighted by atomic mass is 10.0. The molecule has 0 unspecified atom stereocenters. The van der Waals surface area contributed by atoms with Gasteiger partial charge in [0.05, 0.1) is 5.02 Å². The molecule has 0 radical (unpaired) electrons. The minimum atomic E-state index is -0.616. The Morgan fingerprint density at radius 1 is 0.944 bits per heavy atom. The summed E-state index contributed by atoms with van der Waals surface area (Å²) in [5.41, 5.74) is 4.46. The monoisotopic (exact) mass is 507 g/mol. The van der Waals surface area contributed by atoms with Crippen molar-refractivity contribution in [2.75, 3.05) is 0 Å². The number of halogens is 2. The van der Waals surface area contributed by atoms with E-state index in [1.165, 1.54) is 12.1 Å². The van der Waals surface area contributed by atoms with E-state index in [1.807, 2.05) is 0 Å². The largest absolute Gasteiger partial charge is 0.349 e. The highest BCUT2D eigenvalue weighted by Crippen LogP contribution is 2.29. The van der Waals surface area contributed by atoms with E-state index in [1.54, 1.807) is 60.1 Å². The van der Waals surface area contributed by atoms with Crippen LogP contribution in [0.5, 0.6) is 0 Å². The Kier molecular flexibility index (Phi) is 7.77. The van der Waals surface area contributed by atoms with Crippen LogP contribution in [0.25, 0.3) is 11.6 Å². The van der Waals surface area contributed by atoms with Crippen molar-refractivity contribution in [3.63, 3.8) is 0 Å². The van der Waals surface area contributed by atoms with Crippen LogP contribution in [0.4, 0.5) is 4.39 Å². The molecule has 0 bridgehead atoms. The van der Waals surface area contributed by atoms with Gasteiger partial charge in [-0.25, -0.2) is 9.87 Å². The second-order valence-corrected chi connectivity index (χ2v) is 8.78. The molecule has 4 rings (SSSR count). The van der Waals surface area contributed by atoms with Crippen LogP contribution >= 0.6 is 11.6 Å². The number of carbonyl (C=O) groups is 3. The van der Waals surface area contributed by atoms with Crippen molar-refractivity contribution in [1.29, 1.82) is 0 Å². The first-order valence-electron chi connectivity index (χ1n) is 11.2. The molecular formula is C27H23ClFN3O4. The van der Waals surface area contributed by atoms with Crippen LogP contribution in [0.1, 0.15) is 50.2 Å². The van der Waals surface area contributed by atoms with Crippen molar-refractivity contribution in [2.24, 2.45) is 0 Å². The van der Waals surface area contributed by atoms with Gasteiger partial charge < -0.3 is 10.6 Å². The molecule has 184 valence electrons. The minimum Gasteiger partial charge on any atom is -0.349 e. The molecule has 3 aromatic rings. The first kappa shape index (κ1) is 25.1. The summed E-state index contributed by atoms with van der Waals surface area (Å²) < 4.78 is 13.5. The van der Waals surface area contributed by atoms with Crippen LogP contribution in [0, 0.1) is 5.82 Å². The van der Waals surface area contributed by atoms with E-state index in [9.17, 15) is 18.8 Å². The average Bonchev–Trinajstić information content (AvgIpc) is 3.70. The van der Waals surface area contributed by atoms with E-state index < -0.39 is 11.7 Å². The number of hydroxylamine groups is 1. The maximum absolute atomic E-state index is 13.5. The van der Waals surface area contributed by atoms with Crippen molar-refractivity contribution in [3.05, 3.63) is 105 Å². The lowest BCUT2D eigenvalue weighted by Gasteiger charge is -2.11. The van der Waals surface area contributed by atoms with Gasteiger partial charge in [-0.05, 0) is 72.5 Å². The summed E-state index contributed by atoms with van der Waals surface area (Å²) in [7, 11) is 0. The SMILES string of the molecule is O=C(NC1CC1)/C(=C/c1ccc(C(=O)NCc2ccc(C(=O)NO)cc2)cc1)c1ccc(F)cc1Cl. The summed E-state index contributed by atoms with van der Waals surface area (Å²) in [5.74, 6) is -1.70. The third kappa shape index (κ3) is 6.35. The Morgan fingerprint density at radius 3 is 2.19 bits per heavy atom. The lowest BCUT2D eigenvalue weighted by molar-refractivity contribution is -0.115. The van der Waals surface area contributed by atoms with Gasteiger partial charge in [-0.3, -0.25) is 19.6 Å². The fourth-order valence-electron chi connectivity index (χ4n) is 3.48. The molecule has 1 aliphatic rings. The lowest BCUT2D eigenvalue weighted by Crippen LogP contribution is -2.26. The number of hydrogen-bond acceptors (Lipinski definition) is 4. The number of nitrogens with one attached hydrogen (secondary N) is 3. The van der Waals surface area contributed by atoms with Crippen molar-refractivity contribution >= 4 is 41.0 Å². The summed E-state index contributed by atoms with van der Waals surface area (Å²) in [6.07, 6.45) is 3.49. The van der Waals surface area contributed by atoms with Crippen LogP contribution in [-0.2, 0) is 11.3 Å². The normalized spacial score (nSPS) is 13.1. The van der Waals surface area contributed by atoms with E-state index in [2.05, 4.69) is 10.6 Å². The summed E-state index contributed by atoms with van der Waals surface area (Å²) in [6, 6.07) is 17.1. The van der Waals surface area contributed by atoms with Crippen molar-refractivity contribution in [2.45, 2.75) is 25.4 Å². The molecule has 0 aliphatic heterocycles. The Labute approximate surface area is 211 Å². The van der Waals surface area contributed by atoms with Gasteiger partial charge in [0, 0.05) is 34.9 Å². The highest BCUT2D eigenvalue weighted by molar-refractivity contribution is 6.36. The summed E-state index contributed by atoms with van der Waals surface area (Å²) in [6.45, 7) is 0.246. The Morgan fingerprint density at radius 2 is 1.58 bits per heavy atom. The second kappa shape index (κ2) is 11.2. The third-order valence-corrected chi connectivity index (χ3v) is 5.95. The van der Waals surface area contributed by atoms with E-state index in [-0.39, 0.29) is 29.4 Å². The van der Waals surface area contributed by atoms with Gasteiger partial charge in [-0.15, -0.1) is 0 Å². The predicted molar refractivity (Wildman–Crippen MR) is 134 cm³/mol. The maximum atomic E-state index is 13.5. The molecule has 0 aromatic heterocycles.